The second-order valence-electron chi connectivity index (χ2n) is 6.67. The van der Waals surface area contributed by atoms with Gasteiger partial charge in [0.1, 0.15) is 17.9 Å². The molecule has 1 saturated heterocycles. The lowest BCUT2D eigenvalue weighted by Crippen LogP contribution is -2.25. The van der Waals surface area contributed by atoms with Gasteiger partial charge in [0.2, 0.25) is 0 Å². The number of sulfone groups is 1. The highest BCUT2D eigenvalue weighted by Gasteiger charge is 2.22. The first-order chi connectivity index (χ1) is 15.4. The lowest BCUT2D eigenvalue weighted by atomic mass is 10.1. The maximum absolute atomic E-state index is 13.2. The Morgan fingerprint density at radius 1 is 1.34 bits per heavy atom. The van der Waals surface area contributed by atoms with E-state index in [2.05, 4.69) is 30.6 Å². The Morgan fingerprint density at radius 2 is 2.16 bits per heavy atom. The molecule has 14 heteroatoms. The first-order valence-electron chi connectivity index (χ1n) is 9.32. The van der Waals surface area contributed by atoms with Crippen LogP contribution in [0.1, 0.15) is 17.8 Å². The number of aromatic amines is 1. The molecule has 1 fully saturated rings. The van der Waals surface area contributed by atoms with Gasteiger partial charge in [-0.3, -0.25) is 15.2 Å². The number of benzene rings is 1. The number of halogens is 1. The van der Waals surface area contributed by atoms with Gasteiger partial charge in [-0.15, -0.1) is 0 Å². The van der Waals surface area contributed by atoms with Crippen molar-refractivity contribution in [3.05, 3.63) is 53.3 Å². The molecule has 0 spiro atoms. The van der Waals surface area contributed by atoms with Crippen LogP contribution in [0.2, 0.25) is 0 Å². The fourth-order valence-electron chi connectivity index (χ4n) is 2.80. The van der Waals surface area contributed by atoms with Crippen molar-refractivity contribution in [2.24, 2.45) is 5.16 Å². The number of H-pyrrole nitrogens is 1. The second kappa shape index (κ2) is 9.50. The molecule has 11 nitrogen and oxygen atoms in total. The topological polar surface area (TPSA) is 149 Å². The molecule has 2 N–H and O–H groups in total. The minimum absolute atomic E-state index is 0.0320. The summed E-state index contributed by atoms with van der Waals surface area (Å²) in [5.74, 6) is -0.831. The van der Waals surface area contributed by atoms with Crippen molar-refractivity contribution in [1.29, 1.82) is 0 Å². The monoisotopic (exact) mass is 480 g/mol. The molecular formula is C18H17FN6O5S2. The second-order valence-corrected chi connectivity index (χ2v) is 9.64. The quantitative estimate of drug-likeness (QED) is 0.364. The number of nitrogens with one attached hydrogen (secondary N) is 2. The van der Waals surface area contributed by atoms with Crippen molar-refractivity contribution in [1.82, 2.24) is 20.2 Å². The Kier molecular flexibility index (Phi) is 6.53. The summed E-state index contributed by atoms with van der Waals surface area (Å²) in [4.78, 5) is 25.8. The largest absolute Gasteiger partial charge is 0.389 e. The molecule has 0 radical (unpaired) electrons. The summed E-state index contributed by atoms with van der Waals surface area (Å²) in [6.07, 6.45) is 2.52. The third-order valence-electron chi connectivity index (χ3n) is 4.37. The zero-order chi connectivity index (χ0) is 22.6. The van der Waals surface area contributed by atoms with Crippen molar-refractivity contribution < 1.29 is 27.2 Å². The molecule has 2 aromatic heterocycles. The van der Waals surface area contributed by atoms with Crippen LogP contribution in [-0.2, 0) is 30.0 Å². The number of hydrogen-bond donors (Lipinski definition) is 2. The van der Waals surface area contributed by atoms with Gasteiger partial charge in [0.15, 0.2) is 31.9 Å². The maximum Gasteiger partial charge on any atom is 0.280 e. The number of carbonyl (C=O) groups excluding carboxylic acids is 1. The van der Waals surface area contributed by atoms with Gasteiger partial charge in [-0.2, -0.15) is 9.49 Å². The summed E-state index contributed by atoms with van der Waals surface area (Å²) in [5.41, 5.74) is 0.184. The molecule has 0 aliphatic carbocycles. The lowest BCUT2D eigenvalue weighted by Gasteiger charge is -2.10. The molecule has 3 aromatic rings. The van der Waals surface area contributed by atoms with E-state index in [1.54, 1.807) is 0 Å². The number of amides is 1. The highest BCUT2D eigenvalue weighted by atomic mass is 32.2. The Labute approximate surface area is 185 Å². The van der Waals surface area contributed by atoms with Gasteiger partial charge in [-0.25, -0.2) is 18.4 Å². The molecule has 1 atom stereocenters. The predicted molar refractivity (Wildman–Crippen MR) is 111 cm³/mol. The average molecular weight is 481 g/mol. The van der Waals surface area contributed by atoms with E-state index >= 15 is 0 Å². The number of rotatable bonds is 8. The molecule has 3 heterocycles. The SMILES string of the molecule is O=C(Nc1ncc(F)s1)C(=NO[C@@H]1CCOC1)c1ccc(S(=O)(=O)Cc2ncn[nH]2)cc1. The highest BCUT2D eigenvalue weighted by Crippen LogP contribution is 2.19. The van der Waals surface area contributed by atoms with E-state index < -0.39 is 20.9 Å². The fraction of sp³-hybridized carbons (Fsp3) is 0.278. The van der Waals surface area contributed by atoms with E-state index in [9.17, 15) is 17.6 Å². The van der Waals surface area contributed by atoms with Crippen LogP contribution in [0.5, 0.6) is 0 Å². The normalized spacial score (nSPS) is 16.8. The number of nitrogens with zero attached hydrogens (tertiary/aromatic N) is 4. The molecule has 1 aliphatic heterocycles. The number of aromatic nitrogens is 4. The minimum Gasteiger partial charge on any atom is -0.389 e. The smallest absolute Gasteiger partial charge is 0.280 e. The standard InChI is InChI=1S/C18H17FN6O5S2/c19-14-7-20-18(31-14)23-17(26)16(25-30-12-5-6-29-8-12)11-1-3-13(4-2-11)32(27,28)9-15-21-10-22-24-15/h1-4,7,10,12H,5-6,8-9H2,(H,20,23,26)(H,21,22,24)/t12-/m1/s1. The Bertz CT molecular complexity index is 1200. The summed E-state index contributed by atoms with van der Waals surface area (Å²) >= 11 is 0.661. The molecule has 4 rings (SSSR count). The number of thiazole rings is 1. The molecule has 0 bridgehead atoms. The number of anilines is 1. The summed E-state index contributed by atoms with van der Waals surface area (Å²) in [7, 11) is -3.69. The number of hydrogen-bond acceptors (Lipinski definition) is 10. The van der Waals surface area contributed by atoms with Gasteiger partial charge in [-0.1, -0.05) is 28.6 Å². The lowest BCUT2D eigenvalue weighted by molar-refractivity contribution is -0.110. The van der Waals surface area contributed by atoms with Crippen LogP contribution in [0.4, 0.5) is 9.52 Å². The van der Waals surface area contributed by atoms with Crippen molar-refractivity contribution in [3.63, 3.8) is 0 Å². The highest BCUT2D eigenvalue weighted by molar-refractivity contribution is 7.90. The molecule has 1 aliphatic rings. The van der Waals surface area contributed by atoms with Crippen LogP contribution in [-0.4, -0.2) is 59.5 Å². The number of ether oxygens (including phenoxy) is 1. The van der Waals surface area contributed by atoms with E-state index in [1.165, 1.54) is 30.6 Å². The molecule has 32 heavy (non-hydrogen) atoms. The molecule has 0 saturated carbocycles. The maximum atomic E-state index is 13.2. The Hall–Kier alpha value is -3.23. The number of oxime groups is 1. The van der Waals surface area contributed by atoms with Crippen LogP contribution in [0, 0.1) is 5.13 Å². The molecule has 1 amide bonds. The van der Waals surface area contributed by atoms with E-state index in [0.29, 0.717) is 36.5 Å². The zero-order valence-electron chi connectivity index (χ0n) is 16.4. The molecule has 0 unspecified atom stereocenters. The van der Waals surface area contributed by atoms with Gasteiger partial charge < -0.3 is 9.57 Å². The Morgan fingerprint density at radius 3 is 2.78 bits per heavy atom. The number of carbonyl (C=O) groups is 1. The van der Waals surface area contributed by atoms with Gasteiger partial charge in [0.25, 0.3) is 5.91 Å². The van der Waals surface area contributed by atoms with E-state index in [0.717, 1.165) is 6.20 Å². The van der Waals surface area contributed by atoms with Crippen LogP contribution in [0.25, 0.3) is 0 Å². The van der Waals surface area contributed by atoms with Crippen LogP contribution >= 0.6 is 11.3 Å². The summed E-state index contributed by atoms with van der Waals surface area (Å²) < 4.78 is 43.6. The van der Waals surface area contributed by atoms with Gasteiger partial charge in [0.05, 0.1) is 24.3 Å². The van der Waals surface area contributed by atoms with Gasteiger partial charge >= 0.3 is 0 Å². The van der Waals surface area contributed by atoms with E-state index in [4.69, 9.17) is 9.57 Å². The van der Waals surface area contributed by atoms with Crippen LogP contribution in [0.3, 0.4) is 0 Å². The average Bonchev–Trinajstić information content (AvgIpc) is 3.53. The third kappa shape index (κ3) is 5.33. The summed E-state index contributed by atoms with van der Waals surface area (Å²) in [6, 6.07) is 5.57. The van der Waals surface area contributed by atoms with Gasteiger partial charge in [0, 0.05) is 12.0 Å². The van der Waals surface area contributed by atoms with Crippen molar-refractivity contribution in [3.8, 4) is 0 Å². The molecule has 168 valence electrons. The van der Waals surface area contributed by atoms with E-state index in [1.807, 2.05) is 0 Å². The third-order valence-corrected chi connectivity index (χ3v) is 6.72. The van der Waals surface area contributed by atoms with Crippen LogP contribution in [0.15, 0.2) is 46.8 Å². The first kappa shape index (κ1) is 22.0. The minimum atomic E-state index is -3.69. The van der Waals surface area contributed by atoms with Crippen molar-refractivity contribution in [2.45, 2.75) is 23.2 Å². The fourth-order valence-corrected chi connectivity index (χ4v) is 4.56. The van der Waals surface area contributed by atoms with Gasteiger partial charge in [-0.05, 0) is 12.1 Å². The first-order valence-corrected chi connectivity index (χ1v) is 11.8. The predicted octanol–water partition coefficient (Wildman–Crippen LogP) is 1.52. The van der Waals surface area contributed by atoms with E-state index in [-0.39, 0.29) is 33.4 Å². The summed E-state index contributed by atoms with van der Waals surface area (Å²) in [5, 5.41) is 12.1. The summed E-state index contributed by atoms with van der Waals surface area (Å²) in [6.45, 7) is 0.868. The van der Waals surface area contributed by atoms with Crippen molar-refractivity contribution >= 4 is 37.9 Å². The van der Waals surface area contributed by atoms with Crippen LogP contribution < -0.4 is 5.32 Å². The molecular weight excluding hydrogens is 463 g/mol. The van der Waals surface area contributed by atoms with Crippen molar-refractivity contribution in [2.75, 3.05) is 18.5 Å². The molecule has 1 aromatic carbocycles. The Balaban J connectivity index is 1.56. The zero-order valence-corrected chi connectivity index (χ0v) is 18.0.